The standard InChI is InChI=1S/C8H10Cl2O/c9-6-3-5-1-2-8(6,4-5)7(10)11/h5-6H,1-4H2/t5-,6+,8+/m1/s1. The summed E-state index contributed by atoms with van der Waals surface area (Å²) in [5.41, 5.74) is -0.340. The molecular formula is C8H10Cl2O. The smallest absolute Gasteiger partial charge is 0.229 e. The van der Waals surface area contributed by atoms with Crippen molar-refractivity contribution in [3.05, 3.63) is 0 Å². The zero-order valence-corrected chi connectivity index (χ0v) is 7.66. The molecule has 0 saturated heterocycles. The summed E-state index contributed by atoms with van der Waals surface area (Å²) in [7, 11) is 0. The Kier molecular flexibility index (Phi) is 1.69. The van der Waals surface area contributed by atoms with Gasteiger partial charge in [0.2, 0.25) is 5.24 Å². The highest BCUT2D eigenvalue weighted by Gasteiger charge is 2.55. The summed E-state index contributed by atoms with van der Waals surface area (Å²) in [5, 5.41) is -0.205. The van der Waals surface area contributed by atoms with Crippen molar-refractivity contribution in [1.82, 2.24) is 0 Å². The van der Waals surface area contributed by atoms with Crippen LogP contribution < -0.4 is 0 Å². The molecule has 0 amide bonds. The molecule has 2 bridgehead atoms. The Labute approximate surface area is 76.1 Å². The molecule has 3 atom stereocenters. The van der Waals surface area contributed by atoms with E-state index >= 15 is 0 Å². The SMILES string of the molecule is O=C(Cl)[C@]12CC[C@H](C[C@@H]1Cl)C2. The Morgan fingerprint density at radius 3 is 2.55 bits per heavy atom. The first kappa shape index (κ1) is 7.88. The number of hydrogen-bond donors (Lipinski definition) is 0. The minimum atomic E-state index is -0.340. The van der Waals surface area contributed by atoms with E-state index in [1.54, 1.807) is 0 Å². The summed E-state index contributed by atoms with van der Waals surface area (Å²) in [6, 6.07) is 0. The zero-order chi connectivity index (χ0) is 8.06. The number of carbonyl (C=O) groups is 1. The minimum Gasteiger partial charge on any atom is -0.281 e. The first-order chi connectivity index (χ1) is 5.15. The van der Waals surface area contributed by atoms with Crippen molar-refractivity contribution in [2.24, 2.45) is 11.3 Å². The third kappa shape index (κ3) is 0.940. The van der Waals surface area contributed by atoms with Crippen LogP contribution in [-0.4, -0.2) is 10.6 Å². The molecule has 0 spiro atoms. The second-order valence-corrected chi connectivity index (χ2v) is 4.61. The number of carbonyl (C=O) groups excluding carboxylic acids is 1. The van der Waals surface area contributed by atoms with Crippen LogP contribution in [0.25, 0.3) is 0 Å². The lowest BCUT2D eigenvalue weighted by Crippen LogP contribution is -2.31. The van der Waals surface area contributed by atoms with Crippen molar-refractivity contribution in [3.8, 4) is 0 Å². The third-order valence-electron chi connectivity index (χ3n) is 3.18. The molecule has 0 aromatic heterocycles. The van der Waals surface area contributed by atoms with Gasteiger partial charge in [0.05, 0.1) is 5.41 Å². The van der Waals surface area contributed by atoms with Gasteiger partial charge in [-0.3, -0.25) is 4.79 Å². The van der Waals surface area contributed by atoms with Gasteiger partial charge in [-0.2, -0.15) is 0 Å². The normalized spacial score (nSPS) is 48.2. The summed E-state index contributed by atoms with van der Waals surface area (Å²) >= 11 is 11.6. The number of alkyl halides is 1. The predicted molar refractivity (Wildman–Crippen MR) is 44.9 cm³/mol. The molecule has 3 heteroatoms. The van der Waals surface area contributed by atoms with Crippen LogP contribution in [0.5, 0.6) is 0 Å². The fraction of sp³-hybridized carbons (Fsp3) is 0.875. The quantitative estimate of drug-likeness (QED) is 0.462. The summed E-state index contributed by atoms with van der Waals surface area (Å²) in [5.74, 6) is 0.667. The molecule has 11 heavy (non-hydrogen) atoms. The van der Waals surface area contributed by atoms with Gasteiger partial charge in [-0.1, -0.05) is 0 Å². The maximum Gasteiger partial charge on any atom is 0.229 e. The topological polar surface area (TPSA) is 17.1 Å². The molecule has 0 aliphatic heterocycles. The maximum absolute atomic E-state index is 11.1. The number of rotatable bonds is 1. The second kappa shape index (κ2) is 2.37. The molecule has 0 heterocycles. The molecule has 0 N–H and O–H groups in total. The molecule has 2 rings (SSSR count). The predicted octanol–water partition coefficient (Wildman–Crippen LogP) is 2.55. The van der Waals surface area contributed by atoms with E-state index in [2.05, 4.69) is 0 Å². The van der Waals surface area contributed by atoms with Crippen molar-refractivity contribution in [1.29, 1.82) is 0 Å². The second-order valence-electron chi connectivity index (χ2n) is 3.74. The summed E-state index contributed by atoms with van der Waals surface area (Å²) < 4.78 is 0. The highest BCUT2D eigenvalue weighted by Crippen LogP contribution is 2.57. The van der Waals surface area contributed by atoms with Gasteiger partial charge in [0.25, 0.3) is 0 Å². The maximum atomic E-state index is 11.1. The Morgan fingerprint density at radius 2 is 2.27 bits per heavy atom. The van der Waals surface area contributed by atoms with Crippen LogP contribution in [0.1, 0.15) is 25.7 Å². The Hall–Kier alpha value is 0.250. The van der Waals surface area contributed by atoms with Gasteiger partial charge in [0, 0.05) is 5.38 Å². The van der Waals surface area contributed by atoms with E-state index in [4.69, 9.17) is 23.2 Å². The fourth-order valence-corrected chi connectivity index (χ4v) is 3.39. The number of fused-ring (bicyclic) bond motifs is 2. The van der Waals surface area contributed by atoms with Gasteiger partial charge >= 0.3 is 0 Å². The summed E-state index contributed by atoms with van der Waals surface area (Å²) in [4.78, 5) is 11.1. The average molecular weight is 193 g/mol. The molecule has 1 nitrogen and oxygen atoms in total. The van der Waals surface area contributed by atoms with Crippen molar-refractivity contribution < 1.29 is 4.79 Å². The monoisotopic (exact) mass is 192 g/mol. The average Bonchev–Trinajstić information content (AvgIpc) is 2.43. The lowest BCUT2D eigenvalue weighted by molar-refractivity contribution is -0.119. The molecule has 2 fully saturated rings. The molecule has 62 valence electrons. The first-order valence-electron chi connectivity index (χ1n) is 3.99. The van der Waals surface area contributed by atoms with Crippen LogP contribution in [0, 0.1) is 11.3 Å². The number of hydrogen-bond acceptors (Lipinski definition) is 1. The van der Waals surface area contributed by atoms with Crippen LogP contribution in [0.15, 0.2) is 0 Å². The van der Waals surface area contributed by atoms with E-state index in [-0.39, 0.29) is 16.0 Å². The lowest BCUT2D eigenvalue weighted by Gasteiger charge is -2.26. The molecule has 0 aromatic rings. The highest BCUT2D eigenvalue weighted by molar-refractivity contribution is 6.65. The van der Waals surface area contributed by atoms with Crippen LogP contribution in [0.4, 0.5) is 0 Å². The molecular weight excluding hydrogens is 183 g/mol. The Balaban J connectivity index is 2.29. The molecule has 0 aromatic carbocycles. The largest absolute Gasteiger partial charge is 0.281 e. The van der Waals surface area contributed by atoms with Crippen molar-refractivity contribution in [2.45, 2.75) is 31.1 Å². The molecule has 2 aliphatic carbocycles. The molecule has 0 radical (unpaired) electrons. The van der Waals surface area contributed by atoms with Gasteiger partial charge in [0.1, 0.15) is 0 Å². The van der Waals surface area contributed by atoms with Crippen LogP contribution in [0.3, 0.4) is 0 Å². The van der Waals surface area contributed by atoms with Gasteiger partial charge in [-0.15, -0.1) is 11.6 Å². The molecule has 2 aliphatic rings. The van der Waals surface area contributed by atoms with Crippen molar-refractivity contribution in [2.75, 3.05) is 0 Å². The van der Waals surface area contributed by atoms with Gasteiger partial charge in [0.15, 0.2) is 0 Å². The van der Waals surface area contributed by atoms with E-state index in [0.717, 1.165) is 25.7 Å². The van der Waals surface area contributed by atoms with Gasteiger partial charge in [-0.25, -0.2) is 0 Å². The third-order valence-corrected chi connectivity index (χ3v) is 4.16. The van der Waals surface area contributed by atoms with Crippen LogP contribution in [-0.2, 0) is 4.79 Å². The van der Waals surface area contributed by atoms with E-state index in [1.807, 2.05) is 0 Å². The van der Waals surface area contributed by atoms with Gasteiger partial charge < -0.3 is 0 Å². The Morgan fingerprint density at radius 1 is 1.55 bits per heavy atom. The minimum absolute atomic E-state index is 0.00579. The van der Waals surface area contributed by atoms with E-state index in [1.165, 1.54) is 0 Å². The van der Waals surface area contributed by atoms with Crippen molar-refractivity contribution >= 4 is 28.4 Å². The van der Waals surface area contributed by atoms with Crippen LogP contribution >= 0.6 is 23.2 Å². The summed E-state index contributed by atoms with van der Waals surface area (Å²) in [6.45, 7) is 0. The highest BCUT2D eigenvalue weighted by atomic mass is 35.5. The van der Waals surface area contributed by atoms with Crippen LogP contribution in [0.2, 0.25) is 0 Å². The Bertz CT molecular complexity index is 204. The molecule has 2 saturated carbocycles. The zero-order valence-electron chi connectivity index (χ0n) is 6.15. The number of halogens is 2. The van der Waals surface area contributed by atoms with E-state index in [0.29, 0.717) is 5.92 Å². The lowest BCUT2D eigenvalue weighted by atomic mass is 9.85. The molecule has 0 unspecified atom stereocenters. The van der Waals surface area contributed by atoms with Crippen molar-refractivity contribution in [3.63, 3.8) is 0 Å². The van der Waals surface area contributed by atoms with E-state index < -0.39 is 0 Å². The fourth-order valence-electron chi connectivity index (χ4n) is 2.49. The van der Waals surface area contributed by atoms with Gasteiger partial charge in [-0.05, 0) is 43.2 Å². The summed E-state index contributed by atoms with van der Waals surface area (Å²) in [6.07, 6.45) is 3.97. The first-order valence-corrected chi connectivity index (χ1v) is 4.80. The van der Waals surface area contributed by atoms with E-state index in [9.17, 15) is 4.79 Å².